The minimum atomic E-state index is -0.362. The zero-order valence-electron chi connectivity index (χ0n) is 6.79. The van der Waals surface area contributed by atoms with Gasteiger partial charge in [0.1, 0.15) is 0 Å². The number of hydrazine groups is 1. The lowest BCUT2D eigenvalue weighted by atomic mass is 10.1. The minimum absolute atomic E-state index is 0.297. The SMILES string of the molecule is CN([O-])ON(N)C(C)(C)C. The van der Waals surface area contributed by atoms with Gasteiger partial charge in [-0.1, -0.05) is 0 Å². The van der Waals surface area contributed by atoms with Crippen molar-refractivity contribution < 1.29 is 4.94 Å². The van der Waals surface area contributed by atoms with E-state index in [0.29, 0.717) is 5.23 Å². The van der Waals surface area contributed by atoms with Gasteiger partial charge in [-0.2, -0.15) is 0 Å². The first kappa shape index (κ1) is 9.80. The fraction of sp³-hybridized carbons (Fsp3) is 1.00. The molecule has 0 aliphatic carbocycles. The quantitative estimate of drug-likeness (QED) is 0.448. The van der Waals surface area contributed by atoms with E-state index >= 15 is 0 Å². The second kappa shape index (κ2) is 3.27. The molecule has 0 spiro atoms. The van der Waals surface area contributed by atoms with Gasteiger partial charge in [0.2, 0.25) is 0 Å². The van der Waals surface area contributed by atoms with Crippen LogP contribution < -0.4 is 5.84 Å². The van der Waals surface area contributed by atoms with Crippen LogP contribution in [0.5, 0.6) is 0 Å². The van der Waals surface area contributed by atoms with Crippen LogP contribution in [-0.2, 0) is 4.94 Å². The monoisotopic (exact) mass is 148 g/mol. The Labute approximate surface area is 60.8 Å². The fourth-order valence-corrected chi connectivity index (χ4v) is 0.246. The summed E-state index contributed by atoms with van der Waals surface area (Å²) in [7, 11) is 1.23. The average molecular weight is 148 g/mol. The molecule has 62 valence electrons. The van der Waals surface area contributed by atoms with Crippen LogP contribution in [0.25, 0.3) is 0 Å². The molecule has 0 amide bonds. The normalized spacial score (nSPS) is 13.2. The highest BCUT2D eigenvalue weighted by Crippen LogP contribution is 2.08. The Morgan fingerprint density at radius 1 is 1.40 bits per heavy atom. The lowest BCUT2D eigenvalue weighted by Crippen LogP contribution is -2.48. The third kappa shape index (κ3) is 3.76. The van der Waals surface area contributed by atoms with E-state index in [1.165, 1.54) is 7.05 Å². The van der Waals surface area contributed by atoms with Gasteiger partial charge < -0.3 is 5.21 Å². The molecule has 0 aromatic rings. The molecular weight excluding hydrogens is 134 g/mol. The molecule has 0 aromatic heterocycles. The van der Waals surface area contributed by atoms with E-state index in [2.05, 4.69) is 4.94 Å². The van der Waals surface area contributed by atoms with Gasteiger partial charge in [0.05, 0.1) is 5.54 Å². The van der Waals surface area contributed by atoms with Crippen molar-refractivity contribution in [3.8, 4) is 0 Å². The van der Waals surface area contributed by atoms with Gasteiger partial charge in [0.15, 0.2) is 0 Å². The van der Waals surface area contributed by atoms with Crippen molar-refractivity contribution in [1.29, 1.82) is 0 Å². The maximum absolute atomic E-state index is 10.3. The molecule has 0 heterocycles. The van der Waals surface area contributed by atoms with Gasteiger partial charge in [-0.3, -0.25) is 0 Å². The zero-order chi connectivity index (χ0) is 8.36. The molecule has 0 radical (unpaired) electrons. The highest BCUT2D eigenvalue weighted by molar-refractivity contribution is 4.64. The van der Waals surface area contributed by atoms with Crippen molar-refractivity contribution in [3.05, 3.63) is 5.21 Å². The number of nitrogens with zero attached hydrogens (tertiary/aromatic N) is 2. The topological polar surface area (TPSA) is 64.8 Å². The first-order chi connectivity index (χ1) is 4.34. The van der Waals surface area contributed by atoms with Crippen LogP contribution in [0.1, 0.15) is 20.8 Å². The summed E-state index contributed by atoms with van der Waals surface area (Å²) in [4.78, 5) is 4.50. The fourth-order valence-electron chi connectivity index (χ4n) is 0.246. The predicted molar refractivity (Wildman–Crippen MR) is 38.0 cm³/mol. The first-order valence-corrected chi connectivity index (χ1v) is 2.98. The molecule has 0 unspecified atom stereocenters. The van der Waals surface area contributed by atoms with Crippen LogP contribution in [0.2, 0.25) is 0 Å². The van der Waals surface area contributed by atoms with E-state index in [4.69, 9.17) is 5.84 Å². The van der Waals surface area contributed by atoms with Crippen LogP contribution in [0, 0.1) is 5.21 Å². The van der Waals surface area contributed by atoms with Gasteiger partial charge in [-0.05, 0) is 20.8 Å². The second-order valence-corrected chi connectivity index (χ2v) is 3.02. The van der Waals surface area contributed by atoms with Crippen LogP contribution in [0.15, 0.2) is 0 Å². The number of hydroxylamine groups is 3. The molecule has 10 heavy (non-hydrogen) atoms. The minimum Gasteiger partial charge on any atom is -0.761 e. The molecule has 0 fully saturated rings. The van der Waals surface area contributed by atoms with Crippen molar-refractivity contribution >= 4 is 0 Å². The highest BCUT2D eigenvalue weighted by Gasteiger charge is 2.18. The molecule has 0 atom stereocenters. The van der Waals surface area contributed by atoms with E-state index in [-0.39, 0.29) is 5.54 Å². The summed E-state index contributed by atoms with van der Waals surface area (Å²) in [5, 5.41) is 11.6. The Bertz CT molecular complexity index is 99.6. The largest absolute Gasteiger partial charge is 0.761 e. The Balaban J connectivity index is 3.73. The molecular formula is C5H14N3O2-. The second-order valence-electron chi connectivity index (χ2n) is 3.02. The average Bonchev–Trinajstić information content (AvgIpc) is 1.60. The van der Waals surface area contributed by atoms with E-state index in [0.717, 1.165) is 5.17 Å². The summed E-state index contributed by atoms with van der Waals surface area (Å²) in [6, 6.07) is 0. The Hall–Kier alpha value is -0.200. The molecule has 0 aliphatic rings. The Kier molecular flexibility index (Phi) is 3.20. The van der Waals surface area contributed by atoms with Crippen molar-refractivity contribution in [2.45, 2.75) is 26.3 Å². The number of nitrogens with two attached hydrogens (primary N) is 1. The lowest BCUT2D eigenvalue weighted by Gasteiger charge is -2.34. The Morgan fingerprint density at radius 3 is 1.90 bits per heavy atom. The summed E-state index contributed by atoms with van der Waals surface area (Å²) in [6.07, 6.45) is 0. The summed E-state index contributed by atoms with van der Waals surface area (Å²) in [5.41, 5.74) is -0.362. The van der Waals surface area contributed by atoms with E-state index in [9.17, 15) is 5.21 Å². The summed E-state index contributed by atoms with van der Waals surface area (Å²) in [5.74, 6) is 5.32. The molecule has 5 nitrogen and oxygen atoms in total. The van der Waals surface area contributed by atoms with Crippen LogP contribution in [-0.4, -0.2) is 23.0 Å². The highest BCUT2D eigenvalue weighted by atomic mass is 17.0. The smallest absolute Gasteiger partial charge is 0.0554 e. The van der Waals surface area contributed by atoms with Crippen molar-refractivity contribution in [1.82, 2.24) is 10.4 Å². The third-order valence-corrected chi connectivity index (χ3v) is 0.864. The molecule has 5 heteroatoms. The standard InChI is InChI=1S/C5H14N3O2/c1-5(2,3)8(6)10-7(4)9/h6H2,1-4H3/q-1. The summed E-state index contributed by atoms with van der Waals surface area (Å²) in [6.45, 7) is 5.49. The number of hydrogen-bond donors (Lipinski definition) is 1. The van der Waals surface area contributed by atoms with E-state index in [1.54, 1.807) is 0 Å². The van der Waals surface area contributed by atoms with Crippen molar-refractivity contribution in [3.63, 3.8) is 0 Å². The van der Waals surface area contributed by atoms with Gasteiger partial charge in [0.25, 0.3) is 0 Å². The molecule has 0 bridgehead atoms. The van der Waals surface area contributed by atoms with Crippen molar-refractivity contribution in [2.75, 3.05) is 7.05 Å². The molecule has 0 rings (SSSR count). The van der Waals surface area contributed by atoms with Gasteiger partial charge in [0, 0.05) is 7.05 Å². The third-order valence-electron chi connectivity index (χ3n) is 0.864. The molecule has 0 saturated carbocycles. The van der Waals surface area contributed by atoms with Gasteiger partial charge >= 0.3 is 0 Å². The van der Waals surface area contributed by atoms with Crippen LogP contribution in [0.3, 0.4) is 0 Å². The number of rotatable bonds is 2. The maximum Gasteiger partial charge on any atom is 0.0554 e. The van der Waals surface area contributed by atoms with Crippen LogP contribution >= 0.6 is 0 Å². The van der Waals surface area contributed by atoms with Gasteiger partial charge in [-0.25, -0.2) is 16.0 Å². The first-order valence-electron chi connectivity index (χ1n) is 2.98. The van der Waals surface area contributed by atoms with E-state index in [1.807, 2.05) is 20.8 Å². The van der Waals surface area contributed by atoms with Crippen LogP contribution in [0.4, 0.5) is 0 Å². The summed E-state index contributed by atoms with van der Waals surface area (Å²) >= 11 is 0. The number of hydrogen-bond acceptors (Lipinski definition) is 5. The zero-order valence-corrected chi connectivity index (χ0v) is 6.79. The maximum atomic E-state index is 10.3. The van der Waals surface area contributed by atoms with Gasteiger partial charge in [-0.15, -0.1) is 5.17 Å². The van der Waals surface area contributed by atoms with E-state index < -0.39 is 0 Å². The Morgan fingerprint density at radius 2 is 1.80 bits per heavy atom. The lowest BCUT2D eigenvalue weighted by molar-refractivity contribution is -0.329. The molecule has 0 saturated heterocycles. The van der Waals surface area contributed by atoms with Crippen molar-refractivity contribution in [2.24, 2.45) is 5.84 Å². The molecule has 2 N–H and O–H groups in total. The predicted octanol–water partition coefficient (Wildman–Crippen LogP) is 0.237. The molecule has 0 aliphatic heterocycles. The molecule has 0 aromatic carbocycles. The summed E-state index contributed by atoms with van der Waals surface area (Å²) < 4.78 is 0.